The molecular formula is C31H31FN6O3. The zero-order chi connectivity index (χ0) is 28.1. The molecule has 2 fully saturated rings. The van der Waals surface area contributed by atoms with Gasteiger partial charge in [-0.15, -0.1) is 0 Å². The van der Waals surface area contributed by atoms with Crippen LogP contribution >= 0.6 is 0 Å². The van der Waals surface area contributed by atoms with Crippen LogP contribution in [0.5, 0.6) is 0 Å². The number of carbonyl (C=O) groups excluding carboxylic acids is 1. The van der Waals surface area contributed by atoms with Gasteiger partial charge in [-0.1, -0.05) is 18.2 Å². The Morgan fingerprint density at radius 3 is 2.78 bits per heavy atom. The Hall–Kier alpha value is -4.15. The van der Waals surface area contributed by atoms with E-state index < -0.39 is 11.7 Å². The highest BCUT2D eigenvalue weighted by Crippen LogP contribution is 2.42. The van der Waals surface area contributed by atoms with Gasteiger partial charge in [-0.2, -0.15) is 9.97 Å². The lowest BCUT2D eigenvalue weighted by molar-refractivity contribution is 0.0976. The molecule has 2 aliphatic heterocycles. The van der Waals surface area contributed by atoms with Crippen LogP contribution in [0.4, 0.5) is 16.0 Å². The van der Waals surface area contributed by atoms with E-state index in [0.29, 0.717) is 66.4 Å². The van der Waals surface area contributed by atoms with Crippen molar-refractivity contribution in [3.63, 3.8) is 0 Å². The number of hydrogen-bond donors (Lipinski definition) is 2. The average Bonchev–Trinajstić information content (AvgIpc) is 3.47. The monoisotopic (exact) mass is 554 g/mol. The second-order valence-electron chi connectivity index (χ2n) is 11.1. The fraction of sp³-hybridized carbons (Fsp3) is 0.355. The summed E-state index contributed by atoms with van der Waals surface area (Å²) in [5.74, 6) is 0.390. The first-order chi connectivity index (χ1) is 20.0. The van der Waals surface area contributed by atoms with E-state index in [9.17, 15) is 9.90 Å². The van der Waals surface area contributed by atoms with Crippen LogP contribution in [0.3, 0.4) is 0 Å². The molecule has 1 aliphatic carbocycles. The molecule has 1 amide bonds. The first-order valence-electron chi connectivity index (χ1n) is 14.1. The fourth-order valence-corrected chi connectivity index (χ4v) is 6.05. The van der Waals surface area contributed by atoms with Crippen molar-refractivity contribution >= 4 is 17.5 Å². The Morgan fingerprint density at radius 2 is 2.00 bits per heavy atom. The van der Waals surface area contributed by atoms with Crippen LogP contribution in [0.1, 0.15) is 69.7 Å². The number of aromatic nitrogens is 4. The number of aliphatic hydroxyl groups is 1. The molecule has 3 aliphatic rings. The van der Waals surface area contributed by atoms with Crippen molar-refractivity contribution in [1.82, 2.24) is 19.5 Å². The van der Waals surface area contributed by atoms with E-state index in [1.807, 2.05) is 18.3 Å². The number of halogens is 1. The molecule has 3 N–H and O–H groups in total. The van der Waals surface area contributed by atoms with Crippen LogP contribution in [0, 0.1) is 5.82 Å². The van der Waals surface area contributed by atoms with Crippen LogP contribution in [0.2, 0.25) is 0 Å². The molecule has 0 spiro atoms. The summed E-state index contributed by atoms with van der Waals surface area (Å²) in [6.45, 7) is 1.49. The Morgan fingerprint density at radius 1 is 1.12 bits per heavy atom. The summed E-state index contributed by atoms with van der Waals surface area (Å²) in [7, 11) is 0. The summed E-state index contributed by atoms with van der Waals surface area (Å²) in [4.78, 5) is 28.5. The number of aliphatic hydroxyl groups excluding tert-OH is 1. The number of nitrogens with zero attached hydrogens (tertiary/aromatic N) is 5. The van der Waals surface area contributed by atoms with E-state index >= 15 is 4.39 Å². The minimum atomic E-state index is -0.482. The van der Waals surface area contributed by atoms with Gasteiger partial charge in [-0.3, -0.25) is 4.79 Å². The lowest BCUT2D eigenvalue weighted by Crippen LogP contribution is -2.39. The number of ether oxygens (including phenoxy) is 1. The highest BCUT2D eigenvalue weighted by Gasteiger charge is 2.33. The Balaban J connectivity index is 1.19. The topological polar surface area (TPSA) is 119 Å². The third kappa shape index (κ3) is 4.87. The van der Waals surface area contributed by atoms with Crippen molar-refractivity contribution in [2.24, 2.45) is 0 Å². The Bertz CT molecular complexity index is 1640. The van der Waals surface area contributed by atoms with Gasteiger partial charge in [0.15, 0.2) is 5.82 Å². The minimum absolute atomic E-state index is 0.0689. The molecule has 210 valence electrons. The molecule has 0 unspecified atom stereocenters. The first kappa shape index (κ1) is 25.8. The highest BCUT2D eigenvalue weighted by molar-refractivity contribution is 6.09. The quantitative estimate of drug-likeness (QED) is 0.352. The van der Waals surface area contributed by atoms with E-state index in [1.165, 1.54) is 11.0 Å². The number of rotatable bonds is 7. The van der Waals surface area contributed by atoms with E-state index in [4.69, 9.17) is 15.5 Å². The number of anilines is 2. The van der Waals surface area contributed by atoms with Crippen LogP contribution in [0.25, 0.3) is 11.4 Å². The molecule has 2 aromatic heterocycles. The number of hydrogen-bond acceptors (Lipinski definition) is 7. The summed E-state index contributed by atoms with van der Waals surface area (Å²) >= 11 is 0. The van der Waals surface area contributed by atoms with E-state index in [0.717, 1.165) is 42.6 Å². The van der Waals surface area contributed by atoms with Gasteiger partial charge in [0.05, 0.1) is 30.5 Å². The number of amides is 1. The molecule has 10 heteroatoms. The Labute approximate surface area is 236 Å². The third-order valence-corrected chi connectivity index (χ3v) is 8.31. The molecule has 0 radical (unpaired) electrons. The smallest absolute Gasteiger partial charge is 0.261 e. The standard InChI is InChI=1S/C31H31FN6O3/c32-25-14-21(19-4-5-19)13-20-7-10-38(30(40)28(20)25)26-3-1-2-23(24(26)16-39)29-34-27(35-31(33)36-29)12-18-6-9-37(15-18)22-8-11-41-17-22/h1-3,6,9,13-15,19,22,39H,4-5,7-8,10-12,16-17H2,(H2,33,34,35,36)/t22-/m0/s1. The molecular weight excluding hydrogens is 523 g/mol. The number of benzene rings is 2. The van der Waals surface area contributed by atoms with Gasteiger partial charge in [0.25, 0.3) is 5.91 Å². The predicted molar refractivity (Wildman–Crippen MR) is 151 cm³/mol. The van der Waals surface area contributed by atoms with Gasteiger partial charge < -0.3 is 25.0 Å². The van der Waals surface area contributed by atoms with E-state index in [2.05, 4.69) is 20.7 Å². The lowest BCUT2D eigenvalue weighted by Gasteiger charge is -2.31. The van der Waals surface area contributed by atoms with Gasteiger partial charge in [0.1, 0.15) is 11.6 Å². The van der Waals surface area contributed by atoms with Crippen molar-refractivity contribution < 1.29 is 19.0 Å². The molecule has 2 aromatic carbocycles. The maximum atomic E-state index is 15.2. The van der Waals surface area contributed by atoms with Crippen LogP contribution in [-0.2, 0) is 24.2 Å². The van der Waals surface area contributed by atoms with Crippen LogP contribution in [-0.4, -0.2) is 50.3 Å². The molecule has 4 aromatic rings. The van der Waals surface area contributed by atoms with Crippen LogP contribution in [0.15, 0.2) is 48.8 Å². The summed E-state index contributed by atoms with van der Waals surface area (Å²) in [6.07, 6.45) is 8.22. The number of carbonyl (C=O) groups is 1. The molecule has 7 rings (SSSR count). The second kappa shape index (κ2) is 10.4. The summed E-state index contributed by atoms with van der Waals surface area (Å²) in [5, 5.41) is 10.5. The van der Waals surface area contributed by atoms with Crippen molar-refractivity contribution in [3.8, 4) is 11.4 Å². The number of fused-ring (bicyclic) bond motifs is 1. The van der Waals surface area contributed by atoms with Crippen molar-refractivity contribution in [1.29, 1.82) is 0 Å². The van der Waals surface area contributed by atoms with E-state index in [-0.39, 0.29) is 18.1 Å². The van der Waals surface area contributed by atoms with Gasteiger partial charge in [-0.25, -0.2) is 9.37 Å². The molecule has 1 saturated carbocycles. The van der Waals surface area contributed by atoms with Crippen LogP contribution < -0.4 is 10.6 Å². The minimum Gasteiger partial charge on any atom is -0.392 e. The normalized spacial score (nSPS) is 18.6. The largest absolute Gasteiger partial charge is 0.392 e. The number of nitrogens with two attached hydrogens (primary N) is 1. The summed E-state index contributed by atoms with van der Waals surface area (Å²) < 4.78 is 22.9. The molecule has 9 nitrogen and oxygen atoms in total. The SMILES string of the molecule is Nc1nc(Cc2ccn([C@H]3CCOC3)c2)nc(-c2cccc(N3CCc4cc(C5CC5)cc(F)c4C3=O)c2CO)n1. The third-order valence-electron chi connectivity index (χ3n) is 8.31. The summed E-state index contributed by atoms with van der Waals surface area (Å²) in [6, 6.07) is 11.2. The van der Waals surface area contributed by atoms with Crippen molar-refractivity contribution in [2.75, 3.05) is 30.4 Å². The maximum absolute atomic E-state index is 15.2. The second-order valence-corrected chi connectivity index (χ2v) is 11.1. The molecule has 0 bridgehead atoms. The highest BCUT2D eigenvalue weighted by atomic mass is 19.1. The molecule has 4 heterocycles. The van der Waals surface area contributed by atoms with Crippen molar-refractivity contribution in [3.05, 3.63) is 88.3 Å². The maximum Gasteiger partial charge on any atom is 0.261 e. The van der Waals surface area contributed by atoms with Gasteiger partial charge in [0.2, 0.25) is 5.95 Å². The molecule has 1 atom stereocenters. The molecule has 41 heavy (non-hydrogen) atoms. The number of nitrogen functional groups attached to an aromatic ring is 1. The first-order valence-corrected chi connectivity index (χ1v) is 14.1. The van der Waals surface area contributed by atoms with Crippen molar-refractivity contribution in [2.45, 2.75) is 50.7 Å². The zero-order valence-electron chi connectivity index (χ0n) is 22.6. The van der Waals surface area contributed by atoms with E-state index in [1.54, 1.807) is 18.2 Å². The Kier molecular flexibility index (Phi) is 6.51. The van der Waals surface area contributed by atoms with Gasteiger partial charge in [-0.05, 0) is 66.5 Å². The fourth-order valence-electron chi connectivity index (χ4n) is 6.05. The zero-order valence-corrected chi connectivity index (χ0v) is 22.6. The lowest BCUT2D eigenvalue weighted by atomic mass is 9.93. The van der Waals surface area contributed by atoms with Gasteiger partial charge >= 0.3 is 0 Å². The summed E-state index contributed by atoms with van der Waals surface area (Å²) in [5.41, 5.74) is 10.5. The predicted octanol–water partition coefficient (Wildman–Crippen LogP) is 4.19. The molecule has 1 saturated heterocycles. The average molecular weight is 555 g/mol. The van der Waals surface area contributed by atoms with Gasteiger partial charge in [0, 0.05) is 43.1 Å².